The molecule has 0 bridgehead atoms. The van der Waals surface area contributed by atoms with E-state index in [2.05, 4.69) is 10.2 Å². The van der Waals surface area contributed by atoms with Gasteiger partial charge in [-0.3, -0.25) is 14.5 Å². The lowest BCUT2D eigenvalue weighted by molar-refractivity contribution is -0.121. The minimum absolute atomic E-state index is 0.0516. The van der Waals surface area contributed by atoms with E-state index in [1.807, 2.05) is 20.8 Å². The zero-order chi connectivity index (χ0) is 20.8. The van der Waals surface area contributed by atoms with E-state index in [0.717, 1.165) is 21.4 Å². The van der Waals surface area contributed by atoms with Crippen molar-refractivity contribution in [2.24, 2.45) is 5.41 Å². The van der Waals surface area contributed by atoms with Crippen LogP contribution in [0.4, 0.5) is 9.52 Å². The van der Waals surface area contributed by atoms with E-state index < -0.39 is 0 Å². The fraction of sp³-hybridized carbons (Fsp3) is 0.429. The van der Waals surface area contributed by atoms with Gasteiger partial charge < -0.3 is 0 Å². The van der Waals surface area contributed by atoms with Crippen LogP contribution in [-0.2, 0) is 9.59 Å². The fourth-order valence-corrected chi connectivity index (χ4v) is 5.87. The Morgan fingerprint density at radius 2 is 1.93 bits per heavy atom. The third-order valence-corrected chi connectivity index (χ3v) is 7.19. The van der Waals surface area contributed by atoms with Crippen molar-refractivity contribution in [1.29, 1.82) is 0 Å². The molecule has 0 saturated heterocycles. The van der Waals surface area contributed by atoms with E-state index in [-0.39, 0.29) is 35.3 Å². The maximum Gasteiger partial charge on any atom is 0.234 e. The monoisotopic (exact) mass is 431 g/mol. The van der Waals surface area contributed by atoms with Crippen molar-refractivity contribution in [1.82, 2.24) is 10.2 Å². The summed E-state index contributed by atoms with van der Waals surface area (Å²) in [4.78, 5) is 28.0. The number of nitrogens with zero attached hydrogens (tertiary/aromatic N) is 3. The summed E-state index contributed by atoms with van der Waals surface area (Å²) in [6.07, 6.45) is 1.19. The van der Waals surface area contributed by atoms with Crippen molar-refractivity contribution in [2.75, 3.05) is 10.7 Å². The van der Waals surface area contributed by atoms with Gasteiger partial charge in [0.2, 0.25) is 11.0 Å². The first-order chi connectivity index (χ1) is 13.8. The highest BCUT2D eigenvalue weighted by Crippen LogP contribution is 2.48. The molecule has 0 saturated carbocycles. The molecule has 1 aliphatic carbocycles. The molecular weight excluding hydrogens is 409 g/mol. The molecule has 0 fully saturated rings. The van der Waals surface area contributed by atoms with Crippen molar-refractivity contribution >= 4 is 39.9 Å². The van der Waals surface area contributed by atoms with Gasteiger partial charge in [-0.25, -0.2) is 4.39 Å². The molecular formula is C21H22FN3O2S2. The van der Waals surface area contributed by atoms with Crippen molar-refractivity contribution in [3.05, 3.63) is 46.9 Å². The Kier molecular flexibility index (Phi) is 5.33. The first-order valence-corrected chi connectivity index (χ1v) is 11.4. The zero-order valence-corrected chi connectivity index (χ0v) is 18.2. The zero-order valence-electron chi connectivity index (χ0n) is 16.6. The number of allylic oxidation sites excluding steroid dienone is 2. The first-order valence-electron chi connectivity index (χ1n) is 9.60. The summed E-state index contributed by atoms with van der Waals surface area (Å²) < 4.78 is 14.2. The third kappa shape index (κ3) is 3.88. The highest BCUT2D eigenvalue weighted by molar-refractivity contribution is 8.01. The van der Waals surface area contributed by atoms with Crippen LogP contribution in [0.25, 0.3) is 0 Å². The van der Waals surface area contributed by atoms with Crippen LogP contribution < -0.4 is 4.90 Å². The minimum atomic E-state index is -0.352. The second-order valence-electron chi connectivity index (χ2n) is 8.12. The topological polar surface area (TPSA) is 63.2 Å². The van der Waals surface area contributed by atoms with Gasteiger partial charge in [0.25, 0.3) is 0 Å². The third-order valence-electron chi connectivity index (χ3n) is 5.27. The Hall–Kier alpha value is -2.06. The predicted octanol–water partition coefficient (Wildman–Crippen LogP) is 4.95. The molecule has 2 heterocycles. The summed E-state index contributed by atoms with van der Waals surface area (Å²) in [6.45, 7) is 6.11. The van der Waals surface area contributed by atoms with Crippen LogP contribution in [0.2, 0.25) is 0 Å². The number of rotatable bonds is 4. The lowest BCUT2D eigenvalue weighted by atomic mass is 9.69. The van der Waals surface area contributed by atoms with Gasteiger partial charge in [-0.05, 0) is 35.3 Å². The van der Waals surface area contributed by atoms with E-state index in [9.17, 15) is 14.0 Å². The van der Waals surface area contributed by atoms with Gasteiger partial charge in [0, 0.05) is 30.0 Å². The number of thioether (sulfide) groups is 1. The number of carbonyl (C=O) groups is 2. The average Bonchev–Trinajstić information content (AvgIpc) is 3.09. The van der Waals surface area contributed by atoms with Crippen LogP contribution in [-0.4, -0.2) is 27.6 Å². The molecule has 152 valence electrons. The second kappa shape index (κ2) is 7.65. The van der Waals surface area contributed by atoms with Gasteiger partial charge >= 0.3 is 0 Å². The highest BCUT2D eigenvalue weighted by Gasteiger charge is 2.45. The minimum Gasteiger partial charge on any atom is -0.294 e. The van der Waals surface area contributed by atoms with Crippen LogP contribution in [0, 0.1) is 11.2 Å². The van der Waals surface area contributed by atoms with E-state index in [4.69, 9.17) is 0 Å². The molecule has 1 aliphatic heterocycles. The largest absolute Gasteiger partial charge is 0.294 e. The van der Waals surface area contributed by atoms with E-state index in [1.165, 1.54) is 23.5 Å². The molecule has 0 spiro atoms. The Labute approximate surface area is 177 Å². The molecule has 1 atom stereocenters. The summed E-state index contributed by atoms with van der Waals surface area (Å²) in [5, 5.41) is 8.94. The Morgan fingerprint density at radius 3 is 2.62 bits per heavy atom. The van der Waals surface area contributed by atoms with E-state index >= 15 is 0 Å². The Morgan fingerprint density at radius 1 is 1.21 bits per heavy atom. The van der Waals surface area contributed by atoms with Crippen LogP contribution in [0.15, 0.2) is 39.9 Å². The number of hydrogen-bond donors (Lipinski definition) is 0. The molecule has 8 heteroatoms. The molecule has 1 aromatic heterocycles. The lowest BCUT2D eigenvalue weighted by Crippen LogP contribution is -2.43. The average molecular weight is 432 g/mol. The molecule has 2 aliphatic rings. The Bertz CT molecular complexity index is 998. The highest BCUT2D eigenvalue weighted by atomic mass is 32.2. The van der Waals surface area contributed by atoms with E-state index in [1.54, 1.807) is 28.8 Å². The number of Topliss-reactive ketones (excluding diaryl/α,β-unsaturated/α-hetero) is 1. The molecule has 4 rings (SSSR count). The fourth-order valence-electron chi connectivity index (χ4n) is 4.09. The molecule has 0 N–H and O–H groups in total. The summed E-state index contributed by atoms with van der Waals surface area (Å²) in [7, 11) is 0. The number of amides is 1. The lowest BCUT2D eigenvalue weighted by Gasteiger charge is -2.41. The summed E-state index contributed by atoms with van der Waals surface area (Å²) in [6, 6.07) is 6.09. The number of ketones is 1. The van der Waals surface area contributed by atoms with Gasteiger partial charge in [0.15, 0.2) is 10.1 Å². The van der Waals surface area contributed by atoms with Crippen molar-refractivity contribution < 1.29 is 14.0 Å². The van der Waals surface area contributed by atoms with Crippen LogP contribution in [0.5, 0.6) is 0 Å². The van der Waals surface area contributed by atoms with Crippen LogP contribution in [0.1, 0.15) is 51.5 Å². The van der Waals surface area contributed by atoms with Gasteiger partial charge in [-0.2, -0.15) is 0 Å². The molecule has 0 radical (unpaired) electrons. The maximum absolute atomic E-state index is 13.4. The van der Waals surface area contributed by atoms with Crippen molar-refractivity contribution in [3.8, 4) is 0 Å². The Balaban J connectivity index is 1.84. The van der Waals surface area contributed by atoms with Crippen molar-refractivity contribution in [3.63, 3.8) is 0 Å². The van der Waals surface area contributed by atoms with Gasteiger partial charge in [-0.15, -0.1) is 10.2 Å². The maximum atomic E-state index is 13.4. The van der Waals surface area contributed by atoms with Crippen LogP contribution >= 0.6 is 23.1 Å². The molecule has 1 aromatic carbocycles. The number of benzene rings is 1. The molecule has 5 nitrogen and oxygen atoms in total. The van der Waals surface area contributed by atoms with E-state index in [0.29, 0.717) is 23.5 Å². The summed E-state index contributed by atoms with van der Waals surface area (Å²) in [5.41, 5.74) is 1.93. The number of anilines is 1. The second-order valence-corrected chi connectivity index (χ2v) is 10.6. The number of aromatic nitrogens is 2. The summed E-state index contributed by atoms with van der Waals surface area (Å²) in [5.74, 6) is 0.130. The van der Waals surface area contributed by atoms with Gasteiger partial charge in [-0.1, -0.05) is 56.0 Å². The van der Waals surface area contributed by atoms with Gasteiger partial charge in [0.05, 0.1) is 0 Å². The molecule has 29 heavy (non-hydrogen) atoms. The number of halogens is 1. The molecule has 1 amide bonds. The smallest absolute Gasteiger partial charge is 0.234 e. The standard InChI is InChI=1S/C21H22FN3O2S2/c1-4-28-20-24-23-19(29-20)25-15-10-21(2,3)11-16(26)18(15)14(9-17(25)27)12-5-7-13(22)8-6-12/h5-8,14H,4,9-11H2,1-3H3/t14-/m1/s1. The number of hydrogen-bond acceptors (Lipinski definition) is 6. The SMILES string of the molecule is CCSc1nnc(N2C(=O)C[C@H](c3ccc(F)cc3)C3=C2CC(C)(C)CC3=O)s1. The van der Waals surface area contributed by atoms with Gasteiger partial charge in [0.1, 0.15) is 5.82 Å². The quantitative estimate of drug-likeness (QED) is 0.506. The van der Waals surface area contributed by atoms with Crippen LogP contribution in [0.3, 0.4) is 0 Å². The normalized spacial score (nSPS) is 21.5. The molecule has 2 aromatic rings. The predicted molar refractivity (Wildman–Crippen MR) is 113 cm³/mol. The summed E-state index contributed by atoms with van der Waals surface area (Å²) >= 11 is 2.95. The molecule has 0 unspecified atom stereocenters. The first kappa shape index (κ1) is 20.2. The number of carbonyl (C=O) groups excluding carboxylic acids is 2. The van der Waals surface area contributed by atoms with Crippen molar-refractivity contribution in [2.45, 2.75) is 50.3 Å².